The van der Waals surface area contributed by atoms with Gasteiger partial charge in [0.05, 0.1) is 5.52 Å². The molecular weight excluding hydrogens is 391 g/mol. The van der Waals surface area contributed by atoms with Crippen LogP contribution in [0.5, 0.6) is 0 Å². The summed E-state index contributed by atoms with van der Waals surface area (Å²) in [5.74, 6) is 2.06. The number of nitrogens with zero attached hydrogens (tertiary/aromatic N) is 3. The molecule has 1 atom stereocenters. The molecule has 0 unspecified atom stereocenters. The fraction of sp³-hybridized carbons (Fsp3) is 0.560. The molecule has 0 radical (unpaired) electrons. The molecule has 5 rings (SSSR count). The number of hydrogen-bond donors (Lipinski definition) is 1. The molecule has 6 heteroatoms. The SMILES string of the molecule is C[C@@H](Nc1nnc(C2CCCCC2)o1)C1CCC(c2ccnc3ccc(F)cc23)CC1. The van der Waals surface area contributed by atoms with Crippen molar-refractivity contribution >= 4 is 16.9 Å². The molecule has 2 aromatic heterocycles. The number of benzene rings is 1. The van der Waals surface area contributed by atoms with E-state index in [-0.39, 0.29) is 11.9 Å². The molecular formula is C25H31FN4O. The Balaban J connectivity index is 1.20. The summed E-state index contributed by atoms with van der Waals surface area (Å²) < 4.78 is 19.8. The van der Waals surface area contributed by atoms with Crippen LogP contribution in [0.25, 0.3) is 10.9 Å². The number of hydrogen-bond acceptors (Lipinski definition) is 5. The monoisotopic (exact) mass is 422 g/mol. The van der Waals surface area contributed by atoms with E-state index in [1.165, 1.54) is 30.9 Å². The Morgan fingerprint density at radius 3 is 2.58 bits per heavy atom. The fourth-order valence-corrected chi connectivity index (χ4v) is 5.55. The Kier molecular flexibility index (Phi) is 5.88. The van der Waals surface area contributed by atoms with Gasteiger partial charge < -0.3 is 9.73 Å². The molecule has 2 saturated carbocycles. The van der Waals surface area contributed by atoms with Gasteiger partial charge in [-0.2, -0.15) is 0 Å². The lowest BCUT2D eigenvalue weighted by molar-refractivity contribution is 0.298. The van der Waals surface area contributed by atoms with E-state index in [0.29, 0.717) is 23.8 Å². The smallest absolute Gasteiger partial charge is 0.315 e. The molecule has 0 amide bonds. The van der Waals surface area contributed by atoms with E-state index in [1.54, 1.807) is 12.1 Å². The summed E-state index contributed by atoms with van der Waals surface area (Å²) in [6.07, 6.45) is 12.5. The van der Waals surface area contributed by atoms with Crippen molar-refractivity contribution in [3.8, 4) is 0 Å². The third-order valence-electron chi connectivity index (χ3n) is 7.40. The molecule has 0 aliphatic heterocycles. The van der Waals surface area contributed by atoms with E-state index < -0.39 is 0 Å². The van der Waals surface area contributed by atoms with E-state index in [9.17, 15) is 4.39 Å². The number of fused-ring (bicyclic) bond motifs is 1. The second-order valence-corrected chi connectivity index (χ2v) is 9.39. The van der Waals surface area contributed by atoms with E-state index in [4.69, 9.17) is 4.42 Å². The molecule has 5 nitrogen and oxygen atoms in total. The summed E-state index contributed by atoms with van der Waals surface area (Å²) in [5, 5.41) is 13.0. The van der Waals surface area contributed by atoms with E-state index in [1.807, 2.05) is 6.20 Å². The van der Waals surface area contributed by atoms with Crippen LogP contribution in [0.4, 0.5) is 10.4 Å². The van der Waals surface area contributed by atoms with Crippen LogP contribution >= 0.6 is 0 Å². The number of halogens is 1. The topological polar surface area (TPSA) is 63.8 Å². The van der Waals surface area contributed by atoms with Gasteiger partial charge in [-0.25, -0.2) is 4.39 Å². The Labute approximate surface area is 182 Å². The average molecular weight is 423 g/mol. The molecule has 0 spiro atoms. The number of rotatable bonds is 5. The van der Waals surface area contributed by atoms with Crippen LogP contribution in [0, 0.1) is 11.7 Å². The van der Waals surface area contributed by atoms with Gasteiger partial charge in [0.25, 0.3) is 0 Å². The standard InChI is InChI=1S/C25H31FN4O/c1-16(28-25-30-29-24(31-25)19-5-3-2-4-6-19)17-7-9-18(10-8-17)21-13-14-27-23-12-11-20(26)15-22(21)23/h11-19H,2-10H2,1H3,(H,28,30)/t16-,17?,18?/m1/s1. The zero-order valence-corrected chi connectivity index (χ0v) is 18.2. The maximum atomic E-state index is 13.8. The van der Waals surface area contributed by atoms with E-state index in [2.05, 4.69) is 33.5 Å². The van der Waals surface area contributed by atoms with Crippen LogP contribution in [0.15, 0.2) is 34.9 Å². The summed E-state index contributed by atoms with van der Waals surface area (Å²) in [6.45, 7) is 2.21. The summed E-state index contributed by atoms with van der Waals surface area (Å²) in [6, 6.07) is 7.81. The highest BCUT2D eigenvalue weighted by atomic mass is 19.1. The Morgan fingerprint density at radius 2 is 1.77 bits per heavy atom. The van der Waals surface area contributed by atoms with Gasteiger partial charge >= 0.3 is 6.01 Å². The number of nitrogens with one attached hydrogen (secondary N) is 1. The average Bonchev–Trinajstić information content (AvgIpc) is 3.28. The molecule has 1 aromatic carbocycles. The molecule has 31 heavy (non-hydrogen) atoms. The summed E-state index contributed by atoms with van der Waals surface area (Å²) in [5.41, 5.74) is 2.11. The highest BCUT2D eigenvalue weighted by molar-refractivity contribution is 5.82. The van der Waals surface area contributed by atoms with Crippen LogP contribution < -0.4 is 5.32 Å². The van der Waals surface area contributed by atoms with Crippen LogP contribution in [-0.2, 0) is 0 Å². The van der Waals surface area contributed by atoms with Crippen molar-refractivity contribution in [2.24, 2.45) is 5.92 Å². The van der Waals surface area contributed by atoms with Gasteiger partial charge in [-0.05, 0) is 87.1 Å². The largest absolute Gasteiger partial charge is 0.408 e. The Morgan fingerprint density at radius 1 is 0.968 bits per heavy atom. The third kappa shape index (κ3) is 4.43. The molecule has 0 saturated heterocycles. The van der Waals surface area contributed by atoms with Crippen LogP contribution in [0.1, 0.15) is 88.0 Å². The first-order valence-corrected chi connectivity index (χ1v) is 11.8. The predicted molar refractivity (Wildman–Crippen MR) is 120 cm³/mol. The van der Waals surface area contributed by atoms with Gasteiger partial charge in [-0.15, -0.1) is 5.10 Å². The van der Waals surface area contributed by atoms with Gasteiger partial charge in [-0.3, -0.25) is 4.98 Å². The summed E-state index contributed by atoms with van der Waals surface area (Å²) in [4.78, 5) is 4.40. The summed E-state index contributed by atoms with van der Waals surface area (Å²) >= 11 is 0. The minimum absolute atomic E-state index is 0.194. The van der Waals surface area contributed by atoms with Crippen molar-refractivity contribution in [1.29, 1.82) is 0 Å². The second kappa shape index (κ2) is 8.93. The molecule has 2 aliphatic rings. The van der Waals surface area contributed by atoms with Crippen LogP contribution in [0.2, 0.25) is 0 Å². The van der Waals surface area contributed by atoms with Crippen molar-refractivity contribution in [2.45, 2.75) is 82.6 Å². The zero-order valence-electron chi connectivity index (χ0n) is 18.2. The van der Waals surface area contributed by atoms with Crippen LogP contribution in [-0.4, -0.2) is 21.2 Å². The Hall–Kier alpha value is -2.50. The first-order chi connectivity index (χ1) is 15.2. The number of anilines is 1. The lowest BCUT2D eigenvalue weighted by Gasteiger charge is -2.33. The van der Waals surface area contributed by atoms with E-state index in [0.717, 1.165) is 55.3 Å². The molecule has 2 fully saturated rings. The number of pyridine rings is 1. The zero-order chi connectivity index (χ0) is 21.2. The van der Waals surface area contributed by atoms with Crippen molar-refractivity contribution in [3.05, 3.63) is 47.7 Å². The third-order valence-corrected chi connectivity index (χ3v) is 7.40. The van der Waals surface area contributed by atoms with Crippen LogP contribution in [0.3, 0.4) is 0 Å². The van der Waals surface area contributed by atoms with Crippen molar-refractivity contribution in [3.63, 3.8) is 0 Å². The van der Waals surface area contributed by atoms with Gasteiger partial charge in [0.2, 0.25) is 5.89 Å². The number of aromatic nitrogens is 3. The highest BCUT2D eigenvalue weighted by Gasteiger charge is 2.28. The minimum Gasteiger partial charge on any atom is -0.408 e. The molecule has 0 bridgehead atoms. The first-order valence-electron chi connectivity index (χ1n) is 11.8. The highest BCUT2D eigenvalue weighted by Crippen LogP contribution is 2.40. The van der Waals surface area contributed by atoms with Crippen molar-refractivity contribution in [1.82, 2.24) is 15.2 Å². The first kappa shape index (κ1) is 20.4. The minimum atomic E-state index is -0.194. The lowest BCUT2D eigenvalue weighted by Crippen LogP contribution is -2.29. The second-order valence-electron chi connectivity index (χ2n) is 9.39. The molecule has 2 aliphatic carbocycles. The summed E-state index contributed by atoms with van der Waals surface area (Å²) in [7, 11) is 0. The Bertz CT molecular complexity index is 1020. The molecule has 1 N–H and O–H groups in total. The lowest BCUT2D eigenvalue weighted by atomic mass is 9.75. The van der Waals surface area contributed by atoms with Crippen molar-refractivity contribution < 1.29 is 8.81 Å². The maximum Gasteiger partial charge on any atom is 0.315 e. The molecule has 164 valence electrons. The fourth-order valence-electron chi connectivity index (χ4n) is 5.55. The predicted octanol–water partition coefficient (Wildman–Crippen LogP) is 6.58. The normalized spacial score (nSPS) is 23.7. The maximum absolute atomic E-state index is 13.8. The van der Waals surface area contributed by atoms with Gasteiger partial charge in [0.15, 0.2) is 0 Å². The van der Waals surface area contributed by atoms with Gasteiger partial charge in [0.1, 0.15) is 5.82 Å². The van der Waals surface area contributed by atoms with Crippen molar-refractivity contribution in [2.75, 3.05) is 5.32 Å². The molecule has 3 aromatic rings. The molecule has 2 heterocycles. The van der Waals surface area contributed by atoms with E-state index >= 15 is 0 Å². The van der Waals surface area contributed by atoms with Gasteiger partial charge in [-0.1, -0.05) is 24.4 Å². The quantitative estimate of drug-likeness (QED) is 0.503. The van der Waals surface area contributed by atoms with Gasteiger partial charge in [0, 0.05) is 23.5 Å².